The van der Waals surface area contributed by atoms with Crippen molar-refractivity contribution in [3.63, 3.8) is 0 Å². The first kappa shape index (κ1) is 19.2. The topological polar surface area (TPSA) is 33.0 Å². The molecule has 0 radical (unpaired) electrons. The number of nitrogens with zero attached hydrogens (tertiary/aromatic N) is 1. The van der Waals surface area contributed by atoms with E-state index < -0.39 is 0 Å². The molecule has 0 aromatic rings. The van der Waals surface area contributed by atoms with Crippen LogP contribution in [0.25, 0.3) is 0 Å². The second-order valence-corrected chi connectivity index (χ2v) is 5.40. The second-order valence-electron chi connectivity index (χ2n) is 5.40. The Bertz CT molecular complexity index is 242. The Morgan fingerprint density at radius 3 is 2.05 bits per heavy atom. The van der Waals surface area contributed by atoms with Crippen molar-refractivity contribution in [3.05, 3.63) is 12.2 Å². The van der Waals surface area contributed by atoms with Crippen LogP contribution < -0.4 is 0 Å². The van der Waals surface area contributed by atoms with Crippen molar-refractivity contribution in [3.8, 4) is 6.07 Å². The zero-order chi connectivity index (χ0) is 14.7. The lowest BCUT2D eigenvalue weighted by Crippen LogP contribution is -1.95. The molecule has 0 fully saturated rings. The molecule has 0 saturated heterocycles. The first-order valence-corrected chi connectivity index (χ1v) is 8.51. The Kier molecular flexibility index (Phi) is 17.5. The molecule has 0 spiro atoms. The summed E-state index contributed by atoms with van der Waals surface area (Å²) in [6, 6.07) is 2.09. The zero-order valence-electron chi connectivity index (χ0n) is 13.4. The lowest BCUT2D eigenvalue weighted by molar-refractivity contribution is 0.135. The van der Waals surface area contributed by atoms with Crippen LogP contribution in [0, 0.1) is 11.3 Å². The maximum Gasteiger partial charge on any atom is 0.0645 e. The fourth-order valence-electron chi connectivity index (χ4n) is 2.13. The van der Waals surface area contributed by atoms with Gasteiger partial charge in [0, 0.05) is 6.61 Å². The normalized spacial score (nSPS) is 11.0. The lowest BCUT2D eigenvalue weighted by Gasteiger charge is -2.02. The number of allylic oxidation sites excluding steroid dienone is 2. The van der Waals surface area contributed by atoms with E-state index in [2.05, 4.69) is 25.1 Å². The summed E-state index contributed by atoms with van der Waals surface area (Å²) in [7, 11) is 0. The molecule has 0 amide bonds. The number of ether oxygens (including phenoxy) is 1. The predicted octanol–water partition coefficient (Wildman–Crippen LogP) is 5.78. The van der Waals surface area contributed by atoms with Gasteiger partial charge in [0.05, 0.1) is 19.1 Å². The first-order valence-electron chi connectivity index (χ1n) is 8.51. The van der Waals surface area contributed by atoms with Crippen molar-refractivity contribution in [1.82, 2.24) is 0 Å². The van der Waals surface area contributed by atoms with E-state index in [1.54, 1.807) is 0 Å². The molecule has 2 heteroatoms. The average Bonchev–Trinajstić information content (AvgIpc) is 2.47. The molecule has 2 nitrogen and oxygen atoms in total. The highest BCUT2D eigenvalue weighted by Gasteiger charge is 1.92. The van der Waals surface area contributed by atoms with Crippen LogP contribution in [0.2, 0.25) is 0 Å². The van der Waals surface area contributed by atoms with Crippen LogP contribution in [-0.4, -0.2) is 13.2 Å². The van der Waals surface area contributed by atoms with Crippen LogP contribution in [0.15, 0.2) is 12.2 Å². The second kappa shape index (κ2) is 18.2. The van der Waals surface area contributed by atoms with Crippen LogP contribution in [-0.2, 0) is 4.74 Å². The zero-order valence-corrected chi connectivity index (χ0v) is 13.4. The molecule has 0 aliphatic carbocycles. The van der Waals surface area contributed by atoms with E-state index in [1.807, 2.05) is 0 Å². The van der Waals surface area contributed by atoms with Gasteiger partial charge in [0.2, 0.25) is 0 Å². The van der Waals surface area contributed by atoms with Crippen molar-refractivity contribution < 1.29 is 4.74 Å². The van der Waals surface area contributed by atoms with Crippen molar-refractivity contribution in [2.45, 2.75) is 84.0 Å². The van der Waals surface area contributed by atoms with Crippen LogP contribution >= 0.6 is 0 Å². The number of nitriles is 1. The van der Waals surface area contributed by atoms with Crippen molar-refractivity contribution in [1.29, 1.82) is 5.26 Å². The maximum absolute atomic E-state index is 8.35. The smallest absolute Gasteiger partial charge is 0.0645 e. The summed E-state index contributed by atoms with van der Waals surface area (Å²) in [5, 5.41) is 8.35. The number of rotatable bonds is 15. The van der Waals surface area contributed by atoms with Gasteiger partial charge in [-0.25, -0.2) is 0 Å². The SMILES string of the molecule is CCCC/C=C/CCCCCCCCCOCCC#N. The maximum atomic E-state index is 8.35. The minimum atomic E-state index is 0.521. The molecular weight excluding hydrogens is 246 g/mol. The molecule has 0 rings (SSSR count). The van der Waals surface area contributed by atoms with Crippen molar-refractivity contribution >= 4 is 0 Å². The summed E-state index contributed by atoms with van der Waals surface area (Å²) in [5.74, 6) is 0. The van der Waals surface area contributed by atoms with Gasteiger partial charge in [-0.05, 0) is 25.7 Å². The number of hydrogen-bond acceptors (Lipinski definition) is 2. The molecule has 0 heterocycles. The standard InChI is InChI=1S/C18H33NO/c1-2-3-4-5-6-7-8-9-10-11-12-13-14-17-20-18-15-16-19/h5-6H,2-4,7-15,17-18H2,1H3/b6-5+. The summed E-state index contributed by atoms with van der Waals surface area (Å²) >= 11 is 0. The van der Waals surface area contributed by atoms with Gasteiger partial charge >= 0.3 is 0 Å². The summed E-state index contributed by atoms with van der Waals surface area (Å²) in [5.41, 5.74) is 0. The molecule has 0 aliphatic heterocycles. The van der Waals surface area contributed by atoms with E-state index in [0.29, 0.717) is 13.0 Å². The third-order valence-corrected chi connectivity index (χ3v) is 3.41. The predicted molar refractivity (Wildman–Crippen MR) is 86.7 cm³/mol. The van der Waals surface area contributed by atoms with E-state index in [-0.39, 0.29) is 0 Å². The highest BCUT2D eigenvalue weighted by atomic mass is 16.5. The molecular formula is C18H33NO. The third-order valence-electron chi connectivity index (χ3n) is 3.41. The summed E-state index contributed by atoms with van der Waals surface area (Å²) < 4.78 is 5.34. The van der Waals surface area contributed by atoms with Crippen LogP contribution in [0.3, 0.4) is 0 Å². The van der Waals surface area contributed by atoms with Gasteiger partial charge in [0.25, 0.3) is 0 Å². The van der Waals surface area contributed by atoms with E-state index in [1.165, 1.54) is 64.2 Å². The third kappa shape index (κ3) is 17.2. The molecule has 0 N–H and O–H groups in total. The van der Waals surface area contributed by atoms with Gasteiger partial charge in [0.1, 0.15) is 0 Å². The molecule has 0 aromatic carbocycles. The van der Waals surface area contributed by atoms with E-state index in [9.17, 15) is 0 Å². The van der Waals surface area contributed by atoms with Gasteiger partial charge in [-0.3, -0.25) is 0 Å². The van der Waals surface area contributed by atoms with E-state index >= 15 is 0 Å². The molecule has 0 unspecified atom stereocenters. The van der Waals surface area contributed by atoms with Crippen molar-refractivity contribution in [2.75, 3.05) is 13.2 Å². The lowest BCUT2D eigenvalue weighted by atomic mass is 10.1. The highest BCUT2D eigenvalue weighted by Crippen LogP contribution is 2.09. The Labute approximate surface area is 126 Å². The van der Waals surface area contributed by atoms with Crippen molar-refractivity contribution in [2.24, 2.45) is 0 Å². The van der Waals surface area contributed by atoms with E-state index in [4.69, 9.17) is 10.00 Å². The fraction of sp³-hybridized carbons (Fsp3) is 0.833. The number of hydrogen-bond donors (Lipinski definition) is 0. The molecule has 0 aromatic heterocycles. The molecule has 20 heavy (non-hydrogen) atoms. The van der Waals surface area contributed by atoms with Gasteiger partial charge in [-0.15, -0.1) is 0 Å². The fourth-order valence-corrected chi connectivity index (χ4v) is 2.13. The molecule has 0 bridgehead atoms. The van der Waals surface area contributed by atoms with Crippen LogP contribution in [0.5, 0.6) is 0 Å². The summed E-state index contributed by atoms with van der Waals surface area (Å²) in [4.78, 5) is 0. The summed E-state index contributed by atoms with van der Waals surface area (Å²) in [6.45, 7) is 3.67. The van der Waals surface area contributed by atoms with Crippen LogP contribution in [0.4, 0.5) is 0 Å². The Balaban J connectivity index is 2.99. The molecule has 0 saturated carbocycles. The Hall–Kier alpha value is -0.810. The minimum Gasteiger partial charge on any atom is -0.380 e. The number of unbranched alkanes of at least 4 members (excludes halogenated alkanes) is 9. The van der Waals surface area contributed by atoms with Gasteiger partial charge < -0.3 is 4.74 Å². The minimum absolute atomic E-state index is 0.521. The largest absolute Gasteiger partial charge is 0.380 e. The van der Waals surface area contributed by atoms with Gasteiger partial charge in [-0.1, -0.05) is 64.0 Å². The van der Waals surface area contributed by atoms with Gasteiger partial charge in [0.15, 0.2) is 0 Å². The van der Waals surface area contributed by atoms with Gasteiger partial charge in [-0.2, -0.15) is 5.26 Å². The average molecular weight is 279 g/mol. The highest BCUT2D eigenvalue weighted by molar-refractivity contribution is 4.81. The quantitative estimate of drug-likeness (QED) is 0.281. The Morgan fingerprint density at radius 2 is 1.40 bits per heavy atom. The molecule has 0 aliphatic rings. The monoisotopic (exact) mass is 279 g/mol. The van der Waals surface area contributed by atoms with E-state index in [0.717, 1.165) is 13.0 Å². The molecule has 0 atom stereocenters. The Morgan fingerprint density at radius 1 is 0.800 bits per heavy atom. The molecule has 116 valence electrons. The first-order chi connectivity index (χ1) is 9.91. The summed E-state index contributed by atoms with van der Waals surface area (Å²) in [6.07, 6.45) is 19.6. The van der Waals surface area contributed by atoms with Crippen LogP contribution in [0.1, 0.15) is 84.0 Å².